The Hall–Kier alpha value is -2.63. The van der Waals surface area contributed by atoms with Gasteiger partial charge in [-0.25, -0.2) is 15.0 Å². The first-order valence-electron chi connectivity index (χ1n) is 10.2. The molecule has 2 aromatic rings. The molecule has 2 heterocycles. The van der Waals surface area contributed by atoms with Gasteiger partial charge in [0.2, 0.25) is 0 Å². The molecule has 0 aliphatic heterocycles. The number of hydrazone groups is 1. The lowest BCUT2D eigenvalue weighted by molar-refractivity contribution is -0.135. The van der Waals surface area contributed by atoms with Crippen LogP contribution in [0.1, 0.15) is 62.9 Å². The van der Waals surface area contributed by atoms with Crippen molar-refractivity contribution in [2.24, 2.45) is 5.10 Å². The predicted octanol–water partition coefficient (Wildman–Crippen LogP) is 4.07. The second-order valence-electron chi connectivity index (χ2n) is 8.70. The van der Waals surface area contributed by atoms with Crippen LogP contribution in [0.3, 0.4) is 0 Å². The Balaban J connectivity index is 1.98. The zero-order chi connectivity index (χ0) is 23.8. The van der Waals surface area contributed by atoms with Gasteiger partial charge in [-0.1, -0.05) is 0 Å². The summed E-state index contributed by atoms with van der Waals surface area (Å²) in [5.74, 6) is 0. The summed E-state index contributed by atoms with van der Waals surface area (Å²) in [7, 11) is 0. The Morgan fingerprint density at radius 2 is 1.94 bits per heavy atom. The van der Waals surface area contributed by atoms with E-state index in [1.54, 1.807) is 27.7 Å². The molecule has 1 aliphatic carbocycles. The summed E-state index contributed by atoms with van der Waals surface area (Å²) in [6.45, 7) is 6.63. The number of carbonyl (C=O) groups is 1. The van der Waals surface area contributed by atoms with Crippen molar-refractivity contribution < 1.29 is 22.7 Å². The Morgan fingerprint density at radius 1 is 1.28 bits per heavy atom. The molecule has 2 aromatic heterocycles. The van der Waals surface area contributed by atoms with E-state index >= 15 is 0 Å². The molecule has 3 rings (SSSR count). The van der Waals surface area contributed by atoms with Crippen molar-refractivity contribution in [2.75, 3.05) is 0 Å². The van der Waals surface area contributed by atoms with Crippen molar-refractivity contribution in [3.63, 3.8) is 0 Å². The summed E-state index contributed by atoms with van der Waals surface area (Å²) in [4.78, 5) is 38.5. The third kappa shape index (κ3) is 5.59. The minimum Gasteiger partial charge on any atom is -0.443 e. The van der Waals surface area contributed by atoms with E-state index in [0.29, 0.717) is 28.1 Å². The van der Waals surface area contributed by atoms with Crippen molar-refractivity contribution >= 4 is 33.9 Å². The van der Waals surface area contributed by atoms with Gasteiger partial charge in [-0.15, -0.1) is 11.3 Å². The fraction of sp³-hybridized carbons (Fsp3) is 0.600. The van der Waals surface area contributed by atoms with Crippen molar-refractivity contribution in [1.29, 1.82) is 0 Å². The van der Waals surface area contributed by atoms with Crippen LogP contribution in [0.4, 0.5) is 18.0 Å². The number of carbonyl (C=O) groups excluding carboxylic acids is 1. The van der Waals surface area contributed by atoms with E-state index in [9.17, 15) is 27.6 Å². The van der Waals surface area contributed by atoms with Crippen LogP contribution in [0.25, 0.3) is 10.2 Å². The predicted molar refractivity (Wildman–Crippen MR) is 116 cm³/mol. The largest absolute Gasteiger partial charge is 0.443 e. The van der Waals surface area contributed by atoms with Gasteiger partial charge in [0.1, 0.15) is 10.4 Å². The van der Waals surface area contributed by atoms with Gasteiger partial charge in [0.25, 0.3) is 5.56 Å². The molecule has 8 nitrogen and oxygen atoms in total. The third-order valence-corrected chi connectivity index (χ3v) is 6.02. The van der Waals surface area contributed by atoms with Gasteiger partial charge >= 0.3 is 18.0 Å². The van der Waals surface area contributed by atoms with E-state index < -0.39 is 35.5 Å². The monoisotopic (exact) mass is 474 g/mol. The molecular weight excluding hydrogens is 449 g/mol. The van der Waals surface area contributed by atoms with Crippen LogP contribution in [0.15, 0.2) is 14.7 Å². The molecule has 32 heavy (non-hydrogen) atoms. The van der Waals surface area contributed by atoms with E-state index in [1.807, 2.05) is 0 Å². The zero-order valence-corrected chi connectivity index (χ0v) is 19.0. The highest BCUT2D eigenvalue weighted by Crippen LogP contribution is 2.34. The number of hydrogen-bond donors (Lipinski definition) is 1. The molecule has 1 saturated carbocycles. The summed E-state index contributed by atoms with van der Waals surface area (Å²) in [5, 5.41) is 4.13. The minimum atomic E-state index is -4.33. The second-order valence-corrected chi connectivity index (χ2v) is 9.73. The first kappa shape index (κ1) is 24.0. The highest BCUT2D eigenvalue weighted by molar-refractivity contribution is 7.20. The summed E-state index contributed by atoms with van der Waals surface area (Å²) >= 11 is 1.07. The number of nitrogens with one attached hydrogen (secondary N) is 1. The average molecular weight is 475 g/mol. The van der Waals surface area contributed by atoms with Crippen LogP contribution >= 0.6 is 11.3 Å². The molecule has 176 valence electrons. The lowest BCUT2D eigenvalue weighted by Gasteiger charge is -2.18. The van der Waals surface area contributed by atoms with Crippen LogP contribution in [0.5, 0.6) is 0 Å². The van der Waals surface area contributed by atoms with Crippen molar-refractivity contribution in [3.05, 3.63) is 31.3 Å². The molecule has 1 fully saturated rings. The highest BCUT2D eigenvalue weighted by Gasteiger charge is 2.31. The van der Waals surface area contributed by atoms with Gasteiger partial charge in [-0.2, -0.15) is 18.3 Å². The summed E-state index contributed by atoms with van der Waals surface area (Å²) in [6, 6.07) is -0.224. The van der Waals surface area contributed by atoms with Crippen LogP contribution in [-0.2, 0) is 11.3 Å². The number of hydrogen-bond acceptors (Lipinski definition) is 6. The quantitative estimate of drug-likeness (QED) is 0.504. The van der Waals surface area contributed by atoms with E-state index in [4.69, 9.17) is 4.74 Å². The number of aryl methyl sites for hydroxylation is 2. The molecule has 1 aliphatic rings. The van der Waals surface area contributed by atoms with Crippen LogP contribution in [0.2, 0.25) is 0 Å². The summed E-state index contributed by atoms with van der Waals surface area (Å²) in [6.07, 6.45) is -3.70. The fourth-order valence-electron chi connectivity index (χ4n) is 3.24. The first-order chi connectivity index (χ1) is 14.8. The van der Waals surface area contributed by atoms with Gasteiger partial charge in [0.15, 0.2) is 0 Å². The molecule has 12 heteroatoms. The van der Waals surface area contributed by atoms with E-state index in [-0.39, 0.29) is 24.4 Å². The Kier molecular flexibility index (Phi) is 6.55. The van der Waals surface area contributed by atoms with Crippen molar-refractivity contribution in [1.82, 2.24) is 14.6 Å². The SMILES string of the molecule is Cc1c(C=NNC(=O)OC(C)(C)C)sc2c1c(=O)n(C1CC1)c(=O)n2CCCC(F)(F)F. The van der Waals surface area contributed by atoms with E-state index in [1.165, 1.54) is 10.8 Å². The van der Waals surface area contributed by atoms with Gasteiger partial charge in [-0.05, 0) is 52.5 Å². The minimum absolute atomic E-state index is 0.158. The second kappa shape index (κ2) is 8.72. The molecule has 1 amide bonds. The Labute approximate surface area is 185 Å². The maximum atomic E-state index is 13.0. The number of ether oxygens (including phenoxy) is 1. The number of alkyl halides is 3. The molecular formula is C20H25F3N4O4S. The number of aromatic nitrogens is 2. The first-order valence-corrected chi connectivity index (χ1v) is 11.0. The standard InChI is InChI=1S/C20H25F3N4O4S/c1-11-13(10-24-25-17(29)31-19(2,3)4)32-16-14(11)15(28)27(12-6-7-12)18(30)26(16)9-5-8-20(21,22)23/h10,12H,5-9H2,1-4H3,(H,25,29). The van der Waals surface area contributed by atoms with Gasteiger partial charge in [-0.3, -0.25) is 13.9 Å². The Bertz CT molecular complexity index is 1170. The average Bonchev–Trinajstić information content (AvgIpc) is 3.40. The number of amides is 1. The molecule has 0 bridgehead atoms. The van der Waals surface area contributed by atoms with E-state index in [0.717, 1.165) is 15.9 Å². The van der Waals surface area contributed by atoms with Gasteiger partial charge in [0, 0.05) is 19.0 Å². The molecule has 0 saturated heterocycles. The van der Waals surface area contributed by atoms with Crippen molar-refractivity contribution in [3.8, 4) is 0 Å². The Morgan fingerprint density at radius 3 is 2.50 bits per heavy atom. The smallest absolute Gasteiger partial charge is 0.428 e. The maximum absolute atomic E-state index is 13.0. The molecule has 0 aromatic carbocycles. The highest BCUT2D eigenvalue weighted by atomic mass is 32.1. The molecule has 0 radical (unpaired) electrons. The fourth-order valence-corrected chi connectivity index (χ4v) is 4.43. The number of nitrogens with zero attached hydrogens (tertiary/aromatic N) is 3. The number of fused-ring (bicyclic) bond motifs is 1. The number of thiophene rings is 1. The zero-order valence-electron chi connectivity index (χ0n) is 18.2. The van der Waals surface area contributed by atoms with Crippen molar-refractivity contribution in [2.45, 2.75) is 77.7 Å². The summed E-state index contributed by atoms with van der Waals surface area (Å²) in [5.41, 5.74) is 1.03. The maximum Gasteiger partial charge on any atom is 0.428 e. The number of rotatable bonds is 6. The molecule has 0 unspecified atom stereocenters. The summed E-state index contributed by atoms with van der Waals surface area (Å²) < 4.78 is 45.4. The molecule has 0 atom stereocenters. The third-order valence-electron chi connectivity index (χ3n) is 4.77. The van der Waals surface area contributed by atoms with Gasteiger partial charge in [0.05, 0.1) is 16.5 Å². The topological polar surface area (TPSA) is 94.7 Å². The van der Waals surface area contributed by atoms with Crippen LogP contribution in [0, 0.1) is 6.92 Å². The normalized spacial score (nSPS) is 15.0. The van der Waals surface area contributed by atoms with E-state index in [2.05, 4.69) is 10.5 Å². The lowest BCUT2D eigenvalue weighted by atomic mass is 10.2. The lowest BCUT2D eigenvalue weighted by Crippen LogP contribution is -2.39. The number of halogens is 3. The molecule has 1 N–H and O–H groups in total. The van der Waals surface area contributed by atoms with Crippen LogP contribution < -0.4 is 16.7 Å². The van der Waals surface area contributed by atoms with Gasteiger partial charge < -0.3 is 4.74 Å². The molecule has 0 spiro atoms. The van der Waals surface area contributed by atoms with Crippen LogP contribution in [-0.4, -0.2) is 33.2 Å².